The smallest absolute Gasteiger partial charge is 0.251 e. The molecule has 3 atom stereocenters. The summed E-state index contributed by atoms with van der Waals surface area (Å²) in [6.07, 6.45) is 4.61. The number of hydrogen-bond donors (Lipinski definition) is 2. The van der Waals surface area contributed by atoms with Gasteiger partial charge in [0.1, 0.15) is 5.82 Å². The number of amides is 2. The van der Waals surface area contributed by atoms with Crippen molar-refractivity contribution in [2.45, 2.75) is 56.4 Å². The molecule has 1 aliphatic heterocycles. The Morgan fingerprint density at radius 2 is 1.54 bits per heavy atom. The van der Waals surface area contributed by atoms with Crippen LogP contribution in [0.1, 0.15) is 54.4 Å². The highest BCUT2D eigenvalue weighted by Crippen LogP contribution is 2.24. The van der Waals surface area contributed by atoms with Gasteiger partial charge in [-0.05, 0) is 55.5 Å². The van der Waals surface area contributed by atoms with Crippen molar-refractivity contribution in [1.29, 1.82) is 0 Å². The first-order valence-corrected chi connectivity index (χ1v) is 13.8. The highest BCUT2D eigenvalue weighted by molar-refractivity contribution is 7.88. The first-order valence-electron chi connectivity index (χ1n) is 12.2. The highest BCUT2D eigenvalue weighted by Gasteiger charge is 2.35. The number of benzene rings is 2. The standard InChI is InChI=1S/C26H32FN3O4S/c27-22-14-12-20(13-15-22)25(31)28-23-10-4-5-11-24(23)29-26(32)21-9-6-16-30(17-21)35(33,34)18-19-7-2-1-3-8-19/h1-3,7-8,12-15,21,23-24H,4-6,9-11,16-18H2,(H,28,31)(H,29,32)/t21?,23-,24?/m1/s1. The first-order chi connectivity index (χ1) is 16.8. The second kappa shape index (κ2) is 11.3. The molecule has 7 nitrogen and oxygen atoms in total. The molecule has 2 aliphatic rings. The van der Waals surface area contributed by atoms with Gasteiger partial charge in [-0.25, -0.2) is 17.1 Å². The summed E-state index contributed by atoms with van der Waals surface area (Å²) in [6, 6.07) is 14.0. The number of hydrogen-bond acceptors (Lipinski definition) is 4. The molecule has 0 aromatic heterocycles. The predicted octanol–water partition coefficient (Wildman–Crippen LogP) is 3.22. The van der Waals surface area contributed by atoms with Crippen LogP contribution in [0, 0.1) is 11.7 Å². The van der Waals surface area contributed by atoms with Gasteiger partial charge in [-0.15, -0.1) is 0 Å². The van der Waals surface area contributed by atoms with E-state index >= 15 is 0 Å². The van der Waals surface area contributed by atoms with Crippen LogP contribution in [0.3, 0.4) is 0 Å². The zero-order chi connectivity index (χ0) is 24.8. The predicted molar refractivity (Wildman–Crippen MR) is 131 cm³/mol. The fraction of sp³-hybridized carbons (Fsp3) is 0.462. The third-order valence-corrected chi connectivity index (χ3v) is 8.67. The van der Waals surface area contributed by atoms with Gasteiger partial charge in [0, 0.05) is 30.7 Å². The third-order valence-electron chi connectivity index (χ3n) is 6.86. The molecule has 0 radical (unpaired) electrons. The average Bonchev–Trinajstić information content (AvgIpc) is 2.86. The Labute approximate surface area is 206 Å². The molecule has 2 fully saturated rings. The summed E-state index contributed by atoms with van der Waals surface area (Å²) < 4.78 is 40.5. The molecule has 1 heterocycles. The van der Waals surface area contributed by atoms with Gasteiger partial charge >= 0.3 is 0 Å². The molecule has 2 unspecified atom stereocenters. The summed E-state index contributed by atoms with van der Waals surface area (Å²) in [5.41, 5.74) is 1.09. The number of sulfonamides is 1. The van der Waals surface area contributed by atoms with Crippen molar-refractivity contribution in [3.8, 4) is 0 Å². The SMILES string of the molecule is O=C(N[C@@H]1CCCCC1NC(=O)C1CCCN(S(=O)(=O)Cc2ccccc2)C1)c1ccc(F)cc1. The second-order valence-electron chi connectivity index (χ2n) is 9.43. The van der Waals surface area contributed by atoms with Crippen LogP contribution in [0.15, 0.2) is 54.6 Å². The normalized spacial score (nSPS) is 23.4. The van der Waals surface area contributed by atoms with Crippen molar-refractivity contribution in [3.63, 3.8) is 0 Å². The van der Waals surface area contributed by atoms with Crippen LogP contribution in [0.5, 0.6) is 0 Å². The fourth-order valence-corrected chi connectivity index (χ4v) is 6.53. The molecule has 2 aromatic carbocycles. The van der Waals surface area contributed by atoms with E-state index in [1.54, 1.807) is 12.1 Å². The highest BCUT2D eigenvalue weighted by atomic mass is 32.2. The summed E-state index contributed by atoms with van der Waals surface area (Å²) in [5, 5.41) is 6.08. The zero-order valence-corrected chi connectivity index (χ0v) is 20.5. The Morgan fingerprint density at radius 1 is 0.886 bits per heavy atom. The maximum absolute atomic E-state index is 13.2. The van der Waals surface area contributed by atoms with Crippen molar-refractivity contribution >= 4 is 21.8 Å². The van der Waals surface area contributed by atoms with Gasteiger partial charge < -0.3 is 10.6 Å². The Morgan fingerprint density at radius 3 is 2.23 bits per heavy atom. The van der Waals surface area contributed by atoms with E-state index in [2.05, 4.69) is 10.6 Å². The van der Waals surface area contributed by atoms with Gasteiger partial charge in [-0.3, -0.25) is 9.59 Å². The number of rotatable bonds is 7. The number of piperidine rings is 1. The monoisotopic (exact) mass is 501 g/mol. The summed E-state index contributed by atoms with van der Waals surface area (Å²) in [5.74, 6) is -1.38. The van der Waals surface area contributed by atoms with E-state index in [9.17, 15) is 22.4 Å². The molecule has 2 amide bonds. The number of carbonyl (C=O) groups excluding carboxylic acids is 2. The van der Waals surface area contributed by atoms with Crippen molar-refractivity contribution in [3.05, 3.63) is 71.5 Å². The van der Waals surface area contributed by atoms with Gasteiger partial charge in [0.15, 0.2) is 0 Å². The quantitative estimate of drug-likeness (QED) is 0.609. The second-order valence-corrected chi connectivity index (χ2v) is 11.4. The molecule has 0 bridgehead atoms. The number of halogens is 1. The average molecular weight is 502 g/mol. The molecular weight excluding hydrogens is 469 g/mol. The molecule has 4 rings (SSSR count). The lowest BCUT2D eigenvalue weighted by Crippen LogP contribution is -2.55. The van der Waals surface area contributed by atoms with E-state index in [1.807, 2.05) is 18.2 Å². The van der Waals surface area contributed by atoms with Crippen LogP contribution in [0.4, 0.5) is 4.39 Å². The topological polar surface area (TPSA) is 95.6 Å². The van der Waals surface area contributed by atoms with Crippen LogP contribution in [-0.4, -0.2) is 49.7 Å². The lowest BCUT2D eigenvalue weighted by Gasteiger charge is -2.36. The van der Waals surface area contributed by atoms with Crippen molar-refractivity contribution in [2.75, 3.05) is 13.1 Å². The van der Waals surface area contributed by atoms with Crippen molar-refractivity contribution in [1.82, 2.24) is 14.9 Å². The van der Waals surface area contributed by atoms with E-state index in [0.717, 1.165) is 31.2 Å². The number of nitrogens with one attached hydrogen (secondary N) is 2. The minimum atomic E-state index is -3.53. The maximum Gasteiger partial charge on any atom is 0.251 e. The molecule has 1 aliphatic carbocycles. The van der Waals surface area contributed by atoms with Crippen LogP contribution < -0.4 is 10.6 Å². The molecule has 1 saturated heterocycles. The zero-order valence-electron chi connectivity index (χ0n) is 19.7. The minimum Gasteiger partial charge on any atom is -0.351 e. The summed E-state index contributed by atoms with van der Waals surface area (Å²) in [4.78, 5) is 25.8. The van der Waals surface area contributed by atoms with E-state index < -0.39 is 21.8 Å². The van der Waals surface area contributed by atoms with Gasteiger partial charge in [-0.2, -0.15) is 0 Å². The summed E-state index contributed by atoms with van der Waals surface area (Å²) >= 11 is 0. The van der Waals surface area contributed by atoms with Gasteiger partial charge in [0.25, 0.3) is 5.91 Å². The van der Waals surface area contributed by atoms with Crippen LogP contribution in [0.2, 0.25) is 0 Å². The molecule has 1 saturated carbocycles. The maximum atomic E-state index is 13.2. The van der Waals surface area contributed by atoms with Gasteiger partial charge in [0.2, 0.25) is 15.9 Å². The van der Waals surface area contributed by atoms with E-state index in [1.165, 1.54) is 28.6 Å². The van der Waals surface area contributed by atoms with Crippen LogP contribution in [0.25, 0.3) is 0 Å². The Kier molecular flexibility index (Phi) is 8.18. The minimum absolute atomic E-state index is 0.0811. The Bertz CT molecular complexity index is 1130. The number of carbonyl (C=O) groups is 2. The number of nitrogens with zero attached hydrogens (tertiary/aromatic N) is 1. The van der Waals surface area contributed by atoms with Crippen LogP contribution in [-0.2, 0) is 20.6 Å². The molecule has 2 aromatic rings. The van der Waals surface area contributed by atoms with Crippen molar-refractivity contribution < 1.29 is 22.4 Å². The van der Waals surface area contributed by atoms with E-state index in [0.29, 0.717) is 24.9 Å². The first kappa shape index (κ1) is 25.3. The molecule has 35 heavy (non-hydrogen) atoms. The molecular formula is C26H32FN3O4S. The fourth-order valence-electron chi connectivity index (χ4n) is 4.92. The van der Waals surface area contributed by atoms with Crippen molar-refractivity contribution in [2.24, 2.45) is 5.92 Å². The third kappa shape index (κ3) is 6.67. The molecule has 9 heteroatoms. The Hall–Kier alpha value is -2.78. The van der Waals surface area contributed by atoms with Gasteiger partial charge in [-0.1, -0.05) is 43.2 Å². The lowest BCUT2D eigenvalue weighted by atomic mass is 9.89. The van der Waals surface area contributed by atoms with Crippen LogP contribution >= 0.6 is 0 Å². The summed E-state index contributed by atoms with van der Waals surface area (Å²) in [7, 11) is -3.53. The summed E-state index contributed by atoms with van der Waals surface area (Å²) in [6.45, 7) is 0.582. The van der Waals surface area contributed by atoms with Gasteiger partial charge in [0.05, 0.1) is 11.7 Å². The molecule has 2 N–H and O–H groups in total. The van der Waals surface area contributed by atoms with E-state index in [-0.39, 0.29) is 36.2 Å². The van der Waals surface area contributed by atoms with E-state index in [4.69, 9.17) is 0 Å². The molecule has 188 valence electrons. The Balaban J connectivity index is 1.36. The molecule has 0 spiro atoms. The largest absolute Gasteiger partial charge is 0.351 e. The lowest BCUT2D eigenvalue weighted by molar-refractivity contribution is -0.127.